The lowest BCUT2D eigenvalue weighted by Gasteiger charge is -2.40. The molecule has 0 bridgehead atoms. The summed E-state index contributed by atoms with van der Waals surface area (Å²) in [5, 5.41) is 12.3. The number of ether oxygens (including phenoxy) is 1. The second-order valence-electron chi connectivity index (χ2n) is 5.26. The van der Waals surface area contributed by atoms with Crippen LogP contribution in [-0.4, -0.2) is 37.4 Å². The Morgan fingerprint density at radius 1 is 1.45 bits per heavy atom. The van der Waals surface area contributed by atoms with Gasteiger partial charge in [0.1, 0.15) is 5.82 Å². The van der Waals surface area contributed by atoms with E-state index < -0.39 is 11.5 Å². The maximum atomic E-state index is 13.0. The average Bonchev–Trinajstić information content (AvgIpc) is 2.38. The molecule has 1 atom stereocenters. The van der Waals surface area contributed by atoms with Crippen molar-refractivity contribution < 1.29 is 19.0 Å². The van der Waals surface area contributed by atoms with Crippen molar-refractivity contribution in [3.8, 4) is 0 Å². The molecule has 0 aromatic heterocycles. The van der Waals surface area contributed by atoms with Gasteiger partial charge in [0, 0.05) is 13.7 Å². The molecule has 1 fully saturated rings. The van der Waals surface area contributed by atoms with E-state index in [-0.39, 0.29) is 24.9 Å². The molecule has 0 saturated heterocycles. The molecule has 5 heteroatoms. The SMILES string of the molecule is COCC(O)CNC(=O)C1(c2ccc(F)cc2)CCC1. The van der Waals surface area contributed by atoms with Crippen LogP contribution in [0.25, 0.3) is 0 Å². The van der Waals surface area contributed by atoms with Gasteiger partial charge in [-0.1, -0.05) is 18.6 Å². The van der Waals surface area contributed by atoms with Crippen LogP contribution in [-0.2, 0) is 14.9 Å². The minimum absolute atomic E-state index is 0.106. The van der Waals surface area contributed by atoms with Gasteiger partial charge in [-0.3, -0.25) is 4.79 Å². The quantitative estimate of drug-likeness (QED) is 0.828. The number of hydrogen-bond acceptors (Lipinski definition) is 3. The van der Waals surface area contributed by atoms with Crippen LogP contribution in [0, 0.1) is 5.82 Å². The molecule has 2 rings (SSSR count). The number of benzene rings is 1. The Kier molecular flexibility index (Phi) is 4.73. The Morgan fingerprint density at radius 2 is 2.10 bits per heavy atom. The molecule has 1 aliphatic carbocycles. The van der Waals surface area contributed by atoms with E-state index in [9.17, 15) is 14.3 Å². The van der Waals surface area contributed by atoms with Gasteiger partial charge in [-0.15, -0.1) is 0 Å². The predicted octanol–water partition coefficient (Wildman–Crippen LogP) is 1.37. The van der Waals surface area contributed by atoms with Gasteiger partial charge in [0.25, 0.3) is 0 Å². The van der Waals surface area contributed by atoms with E-state index >= 15 is 0 Å². The third-order valence-corrected chi connectivity index (χ3v) is 3.90. The molecule has 0 aliphatic heterocycles. The molecule has 0 spiro atoms. The zero-order chi connectivity index (χ0) is 14.6. The second kappa shape index (κ2) is 6.33. The fourth-order valence-corrected chi connectivity index (χ4v) is 2.58. The molecule has 1 unspecified atom stereocenters. The first-order chi connectivity index (χ1) is 9.58. The normalized spacial score (nSPS) is 18.1. The zero-order valence-electron chi connectivity index (χ0n) is 11.6. The van der Waals surface area contributed by atoms with E-state index in [4.69, 9.17) is 4.74 Å². The minimum atomic E-state index is -0.714. The van der Waals surface area contributed by atoms with Crippen LogP contribution in [0.2, 0.25) is 0 Å². The molecule has 1 aromatic carbocycles. The summed E-state index contributed by atoms with van der Waals surface area (Å²) in [6, 6.07) is 6.09. The number of aliphatic hydroxyl groups excluding tert-OH is 1. The molecule has 2 N–H and O–H groups in total. The van der Waals surface area contributed by atoms with Gasteiger partial charge in [0.2, 0.25) is 5.91 Å². The van der Waals surface area contributed by atoms with E-state index in [2.05, 4.69) is 5.32 Å². The van der Waals surface area contributed by atoms with Crippen LogP contribution in [0.3, 0.4) is 0 Å². The molecule has 1 amide bonds. The topological polar surface area (TPSA) is 58.6 Å². The van der Waals surface area contributed by atoms with Crippen molar-refractivity contribution in [1.82, 2.24) is 5.32 Å². The van der Waals surface area contributed by atoms with Gasteiger partial charge in [-0.25, -0.2) is 4.39 Å². The first-order valence-corrected chi connectivity index (χ1v) is 6.80. The molecule has 0 heterocycles. The van der Waals surface area contributed by atoms with E-state index in [1.807, 2.05) is 0 Å². The maximum absolute atomic E-state index is 13.0. The first-order valence-electron chi connectivity index (χ1n) is 6.80. The number of methoxy groups -OCH3 is 1. The molecule has 4 nitrogen and oxygen atoms in total. The molecule has 20 heavy (non-hydrogen) atoms. The second-order valence-corrected chi connectivity index (χ2v) is 5.26. The Morgan fingerprint density at radius 3 is 2.60 bits per heavy atom. The Hall–Kier alpha value is -1.46. The summed E-state index contributed by atoms with van der Waals surface area (Å²) < 4.78 is 17.8. The molecule has 1 aliphatic rings. The van der Waals surface area contributed by atoms with Crippen molar-refractivity contribution in [2.75, 3.05) is 20.3 Å². The van der Waals surface area contributed by atoms with Gasteiger partial charge in [-0.05, 0) is 30.5 Å². The van der Waals surface area contributed by atoms with Crippen molar-refractivity contribution in [3.05, 3.63) is 35.6 Å². The third-order valence-electron chi connectivity index (χ3n) is 3.90. The van der Waals surface area contributed by atoms with Crippen molar-refractivity contribution in [3.63, 3.8) is 0 Å². The summed E-state index contributed by atoms with van der Waals surface area (Å²) in [4.78, 5) is 12.4. The van der Waals surface area contributed by atoms with Gasteiger partial charge >= 0.3 is 0 Å². The number of halogens is 1. The number of carbonyl (C=O) groups is 1. The van der Waals surface area contributed by atoms with E-state index in [0.29, 0.717) is 0 Å². The summed E-state index contributed by atoms with van der Waals surface area (Å²) in [6.07, 6.45) is 1.77. The highest BCUT2D eigenvalue weighted by Gasteiger charge is 2.45. The number of amides is 1. The number of nitrogens with one attached hydrogen (secondary N) is 1. The highest BCUT2D eigenvalue weighted by atomic mass is 19.1. The van der Waals surface area contributed by atoms with Gasteiger partial charge in [0.05, 0.1) is 18.1 Å². The van der Waals surface area contributed by atoms with Crippen LogP contribution in [0.1, 0.15) is 24.8 Å². The largest absolute Gasteiger partial charge is 0.389 e. The van der Waals surface area contributed by atoms with Crippen LogP contribution >= 0.6 is 0 Å². The van der Waals surface area contributed by atoms with Crippen LogP contribution in [0.15, 0.2) is 24.3 Å². The molecule has 1 saturated carbocycles. The Bertz CT molecular complexity index is 457. The summed E-state index contributed by atoms with van der Waals surface area (Å²) in [7, 11) is 1.50. The lowest BCUT2D eigenvalue weighted by atomic mass is 9.64. The highest BCUT2D eigenvalue weighted by Crippen LogP contribution is 2.43. The molecular formula is C15H20FNO3. The summed E-state index contributed by atoms with van der Waals surface area (Å²) in [5.74, 6) is -0.412. The number of rotatable bonds is 6. The Balaban J connectivity index is 2.03. The lowest BCUT2D eigenvalue weighted by molar-refractivity contribution is -0.130. The smallest absolute Gasteiger partial charge is 0.230 e. The van der Waals surface area contributed by atoms with E-state index in [1.165, 1.54) is 19.2 Å². The average molecular weight is 281 g/mol. The fourth-order valence-electron chi connectivity index (χ4n) is 2.58. The number of carbonyl (C=O) groups excluding carboxylic acids is 1. The van der Waals surface area contributed by atoms with Crippen molar-refractivity contribution in [2.24, 2.45) is 0 Å². The van der Waals surface area contributed by atoms with Crippen LogP contribution < -0.4 is 5.32 Å². The van der Waals surface area contributed by atoms with Crippen LogP contribution in [0.4, 0.5) is 4.39 Å². The van der Waals surface area contributed by atoms with Gasteiger partial charge < -0.3 is 15.2 Å². The Labute approximate surface area is 117 Å². The molecule has 110 valence electrons. The molecular weight excluding hydrogens is 261 g/mol. The maximum Gasteiger partial charge on any atom is 0.230 e. The van der Waals surface area contributed by atoms with Crippen molar-refractivity contribution in [2.45, 2.75) is 30.8 Å². The summed E-state index contributed by atoms with van der Waals surface area (Å²) >= 11 is 0. The number of aliphatic hydroxyl groups is 1. The van der Waals surface area contributed by atoms with Gasteiger partial charge in [-0.2, -0.15) is 0 Å². The van der Waals surface area contributed by atoms with E-state index in [1.54, 1.807) is 12.1 Å². The fraction of sp³-hybridized carbons (Fsp3) is 0.533. The summed E-state index contributed by atoms with van der Waals surface area (Å²) in [6.45, 7) is 0.347. The zero-order valence-corrected chi connectivity index (χ0v) is 11.6. The lowest BCUT2D eigenvalue weighted by Crippen LogP contribution is -2.51. The summed E-state index contributed by atoms with van der Waals surface area (Å²) in [5.41, 5.74) is 0.268. The minimum Gasteiger partial charge on any atom is -0.389 e. The van der Waals surface area contributed by atoms with Gasteiger partial charge in [0.15, 0.2) is 0 Å². The van der Waals surface area contributed by atoms with E-state index in [0.717, 1.165) is 24.8 Å². The third kappa shape index (κ3) is 2.99. The molecule has 0 radical (unpaired) electrons. The number of hydrogen-bond donors (Lipinski definition) is 2. The predicted molar refractivity (Wildman–Crippen MR) is 72.8 cm³/mol. The first kappa shape index (κ1) is 14.9. The van der Waals surface area contributed by atoms with Crippen molar-refractivity contribution >= 4 is 5.91 Å². The molecule has 1 aromatic rings. The standard InChI is InChI=1S/C15H20FNO3/c1-20-10-13(18)9-17-14(19)15(7-2-8-15)11-3-5-12(16)6-4-11/h3-6,13,18H,2,7-10H2,1H3,(H,17,19). The highest BCUT2D eigenvalue weighted by molar-refractivity contribution is 5.89. The monoisotopic (exact) mass is 281 g/mol. The van der Waals surface area contributed by atoms with Crippen molar-refractivity contribution in [1.29, 1.82) is 0 Å². The van der Waals surface area contributed by atoms with Crippen LogP contribution in [0.5, 0.6) is 0 Å².